The molecule has 0 saturated carbocycles. The van der Waals surface area contributed by atoms with Gasteiger partial charge in [0.05, 0.1) is 18.6 Å². The number of aromatic nitrogens is 2. The Hall–Kier alpha value is -1.62. The van der Waals surface area contributed by atoms with Gasteiger partial charge < -0.3 is 14.4 Å². The first kappa shape index (κ1) is 13.4. The summed E-state index contributed by atoms with van der Waals surface area (Å²) in [5.41, 5.74) is 1.02. The van der Waals surface area contributed by atoms with Gasteiger partial charge in [-0.25, -0.2) is 4.98 Å². The Morgan fingerprint density at radius 3 is 2.71 bits per heavy atom. The number of carbonyl (C=O) groups is 1. The Morgan fingerprint density at radius 1 is 1.47 bits per heavy atom. The number of nitrogens with zero attached hydrogens (tertiary/aromatic N) is 4. The second-order valence-electron chi connectivity index (χ2n) is 4.35. The molecule has 17 heavy (non-hydrogen) atoms. The Bertz CT molecular complexity index is 395. The molecule has 1 rings (SSSR count). The van der Waals surface area contributed by atoms with Gasteiger partial charge in [-0.3, -0.25) is 4.79 Å². The number of likely N-dealkylation sites (N-methyl/N-ethyl adjacent to an activating group) is 2. The molecule has 0 radical (unpaired) electrons. The summed E-state index contributed by atoms with van der Waals surface area (Å²) in [6, 6.07) is 0. The molecule has 1 heterocycles. The zero-order chi connectivity index (χ0) is 12.8. The number of amides is 1. The Balaban J connectivity index is 2.48. The first-order valence-electron chi connectivity index (χ1n) is 5.52. The highest BCUT2D eigenvalue weighted by Gasteiger charge is 2.07. The van der Waals surface area contributed by atoms with Crippen LogP contribution in [-0.4, -0.2) is 52.9 Å². The topological polar surface area (TPSA) is 41.4 Å². The molecule has 5 heteroatoms. The minimum Gasteiger partial charge on any atom is -0.336 e. The minimum atomic E-state index is 0.00745. The van der Waals surface area contributed by atoms with E-state index >= 15 is 0 Å². The van der Waals surface area contributed by atoms with Crippen LogP contribution in [0.2, 0.25) is 0 Å². The second kappa shape index (κ2) is 6.20. The molecule has 0 aromatic carbocycles. The van der Waals surface area contributed by atoms with Crippen LogP contribution in [0, 0.1) is 0 Å². The first-order chi connectivity index (χ1) is 8.00. The van der Waals surface area contributed by atoms with Gasteiger partial charge in [0, 0.05) is 32.9 Å². The lowest BCUT2D eigenvalue weighted by molar-refractivity contribution is -0.125. The maximum absolute atomic E-state index is 11.8. The van der Waals surface area contributed by atoms with Crippen LogP contribution in [0.5, 0.6) is 0 Å². The molecule has 94 valence electrons. The molecular formula is C12H20N4O. The molecule has 0 unspecified atom stereocenters. The normalized spacial score (nSPS) is 11.4. The van der Waals surface area contributed by atoms with Crippen molar-refractivity contribution in [2.24, 2.45) is 7.05 Å². The molecule has 0 aliphatic carbocycles. The number of hydrogen-bond donors (Lipinski definition) is 0. The van der Waals surface area contributed by atoms with Crippen LogP contribution in [0.25, 0.3) is 0 Å². The third-order valence-corrected chi connectivity index (χ3v) is 2.42. The lowest BCUT2D eigenvalue weighted by atomic mass is 10.3. The van der Waals surface area contributed by atoms with E-state index in [1.807, 2.05) is 36.7 Å². The SMILES string of the molecule is CN(C)C/C=C/C(=O)N(C)Cc1cncn1C. The van der Waals surface area contributed by atoms with Gasteiger partial charge in [0.2, 0.25) is 5.91 Å². The van der Waals surface area contributed by atoms with Gasteiger partial charge in [-0.05, 0) is 14.1 Å². The maximum atomic E-state index is 11.8. The van der Waals surface area contributed by atoms with Crippen LogP contribution in [0.1, 0.15) is 5.69 Å². The van der Waals surface area contributed by atoms with Crippen molar-refractivity contribution in [2.45, 2.75) is 6.54 Å². The molecule has 0 fully saturated rings. The monoisotopic (exact) mass is 236 g/mol. The van der Waals surface area contributed by atoms with E-state index in [1.165, 1.54) is 0 Å². The number of rotatable bonds is 5. The fraction of sp³-hybridized carbons (Fsp3) is 0.500. The lowest BCUT2D eigenvalue weighted by Gasteiger charge is -2.15. The third-order valence-electron chi connectivity index (χ3n) is 2.42. The maximum Gasteiger partial charge on any atom is 0.246 e. The molecule has 0 bridgehead atoms. The van der Waals surface area contributed by atoms with Crippen molar-refractivity contribution in [2.75, 3.05) is 27.7 Å². The van der Waals surface area contributed by atoms with Crippen LogP contribution in [0.4, 0.5) is 0 Å². The van der Waals surface area contributed by atoms with Crippen LogP contribution in [0.3, 0.4) is 0 Å². The number of carbonyl (C=O) groups excluding carboxylic acids is 1. The molecule has 0 aliphatic heterocycles. The van der Waals surface area contributed by atoms with Gasteiger partial charge in [0.15, 0.2) is 0 Å². The average Bonchev–Trinajstić information content (AvgIpc) is 2.63. The summed E-state index contributed by atoms with van der Waals surface area (Å²) in [5, 5.41) is 0. The lowest BCUT2D eigenvalue weighted by Crippen LogP contribution is -2.25. The van der Waals surface area contributed by atoms with Crippen molar-refractivity contribution < 1.29 is 4.79 Å². The third kappa shape index (κ3) is 4.40. The van der Waals surface area contributed by atoms with Crippen LogP contribution in [0.15, 0.2) is 24.7 Å². The Morgan fingerprint density at radius 2 is 2.18 bits per heavy atom. The average molecular weight is 236 g/mol. The number of aryl methyl sites for hydroxylation is 1. The molecule has 0 atom stereocenters. The van der Waals surface area contributed by atoms with Gasteiger partial charge in [0.25, 0.3) is 0 Å². The van der Waals surface area contributed by atoms with Crippen molar-refractivity contribution >= 4 is 5.91 Å². The summed E-state index contributed by atoms with van der Waals surface area (Å²) in [6.45, 7) is 1.34. The highest BCUT2D eigenvalue weighted by atomic mass is 16.2. The summed E-state index contributed by atoms with van der Waals surface area (Å²) in [4.78, 5) is 19.4. The van der Waals surface area contributed by atoms with Crippen molar-refractivity contribution in [3.63, 3.8) is 0 Å². The van der Waals surface area contributed by atoms with Crippen molar-refractivity contribution in [1.82, 2.24) is 19.4 Å². The predicted molar refractivity (Wildman–Crippen MR) is 67.4 cm³/mol. The van der Waals surface area contributed by atoms with Crippen molar-refractivity contribution in [3.05, 3.63) is 30.4 Å². The summed E-state index contributed by atoms with van der Waals surface area (Å²) in [6.07, 6.45) is 6.97. The van der Waals surface area contributed by atoms with Crippen LogP contribution in [-0.2, 0) is 18.4 Å². The fourth-order valence-electron chi connectivity index (χ4n) is 1.35. The molecule has 0 spiro atoms. The van der Waals surface area contributed by atoms with E-state index in [2.05, 4.69) is 4.98 Å². The summed E-state index contributed by atoms with van der Waals surface area (Å²) in [7, 11) is 7.64. The molecule has 0 saturated heterocycles. The van der Waals surface area contributed by atoms with Gasteiger partial charge in [-0.1, -0.05) is 6.08 Å². The van der Waals surface area contributed by atoms with Crippen molar-refractivity contribution in [1.29, 1.82) is 0 Å². The fourth-order valence-corrected chi connectivity index (χ4v) is 1.35. The van der Waals surface area contributed by atoms with E-state index in [0.29, 0.717) is 6.54 Å². The quantitative estimate of drug-likeness (QED) is 0.699. The number of imidazole rings is 1. The molecule has 1 aromatic rings. The summed E-state index contributed by atoms with van der Waals surface area (Å²) >= 11 is 0. The highest BCUT2D eigenvalue weighted by molar-refractivity contribution is 5.87. The Kier molecular flexibility index (Phi) is 4.90. The van der Waals surface area contributed by atoms with Crippen LogP contribution >= 0.6 is 0 Å². The van der Waals surface area contributed by atoms with Gasteiger partial charge in [0.1, 0.15) is 0 Å². The molecule has 0 N–H and O–H groups in total. The molecule has 0 aliphatic rings. The highest BCUT2D eigenvalue weighted by Crippen LogP contribution is 2.01. The number of hydrogen-bond acceptors (Lipinski definition) is 3. The molecule has 1 amide bonds. The minimum absolute atomic E-state index is 0.00745. The van der Waals surface area contributed by atoms with E-state index in [4.69, 9.17) is 0 Å². The van der Waals surface area contributed by atoms with Crippen LogP contribution < -0.4 is 0 Å². The second-order valence-corrected chi connectivity index (χ2v) is 4.35. The van der Waals surface area contributed by atoms with E-state index in [1.54, 1.807) is 30.5 Å². The molecule has 1 aromatic heterocycles. The van der Waals surface area contributed by atoms with E-state index in [9.17, 15) is 4.79 Å². The van der Waals surface area contributed by atoms with Gasteiger partial charge in [-0.2, -0.15) is 0 Å². The zero-order valence-corrected chi connectivity index (χ0v) is 10.9. The molecule has 5 nitrogen and oxygen atoms in total. The van der Waals surface area contributed by atoms with Crippen molar-refractivity contribution in [3.8, 4) is 0 Å². The smallest absolute Gasteiger partial charge is 0.246 e. The predicted octanol–water partition coefficient (Wildman–Crippen LogP) is 0.496. The summed E-state index contributed by atoms with van der Waals surface area (Å²) < 4.78 is 1.91. The first-order valence-corrected chi connectivity index (χ1v) is 5.52. The molecular weight excluding hydrogens is 216 g/mol. The van der Waals surface area contributed by atoms with E-state index in [-0.39, 0.29) is 5.91 Å². The largest absolute Gasteiger partial charge is 0.336 e. The van der Waals surface area contributed by atoms with E-state index < -0.39 is 0 Å². The zero-order valence-electron chi connectivity index (χ0n) is 10.9. The van der Waals surface area contributed by atoms with Gasteiger partial charge in [-0.15, -0.1) is 0 Å². The van der Waals surface area contributed by atoms with Gasteiger partial charge >= 0.3 is 0 Å². The Labute approximate surface area is 102 Å². The standard InChI is InChI=1S/C12H20N4O/c1-14(2)7-5-6-12(17)15(3)9-11-8-13-10-16(11)4/h5-6,8,10H,7,9H2,1-4H3/b6-5+. The van der Waals surface area contributed by atoms with E-state index in [0.717, 1.165) is 12.2 Å². The summed E-state index contributed by atoms with van der Waals surface area (Å²) in [5.74, 6) is 0.00745.